The number of carbonyl (C=O) groups excluding carboxylic acids is 2. The number of pyridine rings is 1. The standard InChI is InChI=1S/C30H42N6O2/c1-21-15-18-35(19-16-21)20-17-31-29(37)23-9-11-24(12-10-23)32-27-14-13-26-28(33-27)36(22(2)30(38)34(26)3)25-7-5-4-6-8-25/h9-14,21-22,25H,4-8,15-20H2,1-3H3,(H,31,37)(H,32,33)/t22-/m1/s1. The summed E-state index contributed by atoms with van der Waals surface area (Å²) in [6.45, 7) is 8.12. The highest BCUT2D eigenvalue weighted by molar-refractivity contribution is 6.04. The van der Waals surface area contributed by atoms with Gasteiger partial charge in [0, 0.05) is 37.4 Å². The first kappa shape index (κ1) is 26.5. The summed E-state index contributed by atoms with van der Waals surface area (Å²) >= 11 is 0. The number of fused-ring (bicyclic) bond motifs is 1. The second kappa shape index (κ2) is 11.7. The lowest BCUT2D eigenvalue weighted by Crippen LogP contribution is -2.55. The van der Waals surface area contributed by atoms with Crippen molar-refractivity contribution in [3.63, 3.8) is 0 Å². The van der Waals surface area contributed by atoms with Gasteiger partial charge in [-0.15, -0.1) is 0 Å². The van der Waals surface area contributed by atoms with E-state index in [1.165, 1.54) is 32.1 Å². The Morgan fingerprint density at radius 3 is 2.39 bits per heavy atom. The van der Waals surface area contributed by atoms with E-state index in [2.05, 4.69) is 27.4 Å². The van der Waals surface area contributed by atoms with Crippen LogP contribution in [0.2, 0.25) is 0 Å². The second-order valence-corrected chi connectivity index (χ2v) is 11.3. The van der Waals surface area contributed by atoms with E-state index in [-0.39, 0.29) is 17.9 Å². The van der Waals surface area contributed by atoms with E-state index in [1.54, 1.807) is 4.90 Å². The fourth-order valence-electron chi connectivity index (χ4n) is 6.08. The van der Waals surface area contributed by atoms with Gasteiger partial charge in [0.05, 0.1) is 5.69 Å². The van der Waals surface area contributed by atoms with Gasteiger partial charge in [0.15, 0.2) is 5.82 Å². The molecule has 2 fully saturated rings. The molecule has 0 radical (unpaired) electrons. The summed E-state index contributed by atoms with van der Waals surface area (Å²) in [4.78, 5) is 37.0. The molecule has 8 heteroatoms. The molecule has 0 unspecified atom stereocenters. The van der Waals surface area contributed by atoms with Gasteiger partial charge < -0.3 is 25.3 Å². The summed E-state index contributed by atoms with van der Waals surface area (Å²) in [5.41, 5.74) is 2.38. The summed E-state index contributed by atoms with van der Waals surface area (Å²) in [7, 11) is 1.83. The number of hydrogen-bond acceptors (Lipinski definition) is 6. The first-order valence-corrected chi connectivity index (χ1v) is 14.4. The van der Waals surface area contributed by atoms with Crippen LogP contribution < -0.4 is 20.4 Å². The molecule has 0 bridgehead atoms. The minimum Gasteiger partial charge on any atom is -0.351 e. The largest absolute Gasteiger partial charge is 0.351 e. The maximum Gasteiger partial charge on any atom is 0.251 e. The number of hydrogen-bond donors (Lipinski definition) is 2. The van der Waals surface area contributed by atoms with Crippen molar-refractivity contribution in [2.75, 3.05) is 48.3 Å². The minimum atomic E-state index is -0.227. The fraction of sp³-hybridized carbons (Fsp3) is 0.567. The smallest absolute Gasteiger partial charge is 0.251 e. The van der Waals surface area contributed by atoms with Crippen molar-refractivity contribution in [3.8, 4) is 0 Å². The quantitative estimate of drug-likeness (QED) is 0.549. The SMILES string of the molecule is CC1CCN(CCNC(=O)c2ccc(Nc3ccc4c(n3)N(C3CCCCC3)[C@H](C)C(=O)N4C)cc2)CC1. The third kappa shape index (κ3) is 5.80. The van der Waals surface area contributed by atoms with Crippen LogP contribution in [0, 0.1) is 5.92 Å². The van der Waals surface area contributed by atoms with Gasteiger partial charge in [-0.2, -0.15) is 0 Å². The van der Waals surface area contributed by atoms with Crippen molar-refractivity contribution in [2.45, 2.75) is 70.9 Å². The number of likely N-dealkylation sites (N-methyl/N-ethyl adjacent to an activating group) is 1. The molecule has 3 heterocycles. The van der Waals surface area contributed by atoms with Gasteiger partial charge in [0.2, 0.25) is 5.91 Å². The normalized spacial score (nSPS) is 21.3. The molecule has 2 aliphatic heterocycles. The van der Waals surface area contributed by atoms with E-state index in [0.717, 1.165) is 61.4 Å². The average Bonchev–Trinajstić information content (AvgIpc) is 2.94. The van der Waals surface area contributed by atoms with Crippen molar-refractivity contribution in [2.24, 2.45) is 5.92 Å². The Labute approximate surface area is 226 Å². The van der Waals surface area contributed by atoms with Crippen LogP contribution >= 0.6 is 0 Å². The summed E-state index contributed by atoms with van der Waals surface area (Å²) in [6, 6.07) is 11.5. The molecule has 38 heavy (non-hydrogen) atoms. The Bertz CT molecular complexity index is 1120. The van der Waals surface area contributed by atoms with Gasteiger partial charge in [-0.3, -0.25) is 9.59 Å². The molecular weight excluding hydrogens is 476 g/mol. The molecular formula is C30H42N6O2. The van der Waals surface area contributed by atoms with Crippen molar-refractivity contribution < 1.29 is 9.59 Å². The lowest BCUT2D eigenvalue weighted by atomic mass is 9.92. The van der Waals surface area contributed by atoms with Crippen LogP contribution in [-0.2, 0) is 4.79 Å². The highest BCUT2D eigenvalue weighted by Gasteiger charge is 2.38. The molecule has 1 aromatic carbocycles. The summed E-state index contributed by atoms with van der Waals surface area (Å²) in [6.07, 6.45) is 8.34. The van der Waals surface area contributed by atoms with Crippen LogP contribution in [0.3, 0.4) is 0 Å². The van der Waals surface area contributed by atoms with Crippen molar-refractivity contribution >= 4 is 34.8 Å². The second-order valence-electron chi connectivity index (χ2n) is 11.3. The van der Waals surface area contributed by atoms with Crippen molar-refractivity contribution in [1.29, 1.82) is 0 Å². The molecule has 2 amide bonds. The first-order chi connectivity index (χ1) is 18.4. The molecule has 1 atom stereocenters. The molecule has 1 aliphatic carbocycles. The number of likely N-dealkylation sites (tertiary alicyclic amines) is 1. The molecule has 204 valence electrons. The fourth-order valence-corrected chi connectivity index (χ4v) is 6.08. The average molecular weight is 519 g/mol. The number of carbonyl (C=O) groups is 2. The van der Waals surface area contributed by atoms with Gasteiger partial charge in [0.1, 0.15) is 11.9 Å². The topological polar surface area (TPSA) is 80.8 Å². The number of benzene rings is 1. The summed E-state index contributed by atoms with van der Waals surface area (Å²) in [5, 5.41) is 6.45. The number of aromatic nitrogens is 1. The van der Waals surface area contributed by atoms with E-state index in [1.807, 2.05) is 50.4 Å². The lowest BCUT2D eigenvalue weighted by molar-refractivity contribution is -0.119. The Morgan fingerprint density at radius 2 is 1.68 bits per heavy atom. The molecule has 1 saturated carbocycles. The van der Waals surface area contributed by atoms with Gasteiger partial charge in [-0.1, -0.05) is 26.2 Å². The van der Waals surface area contributed by atoms with Crippen LogP contribution in [0.4, 0.5) is 23.0 Å². The predicted molar refractivity (Wildman–Crippen MR) is 153 cm³/mol. The van der Waals surface area contributed by atoms with E-state index in [4.69, 9.17) is 4.98 Å². The van der Waals surface area contributed by atoms with Gasteiger partial charge in [-0.25, -0.2) is 4.98 Å². The van der Waals surface area contributed by atoms with E-state index < -0.39 is 0 Å². The molecule has 8 nitrogen and oxygen atoms in total. The zero-order chi connectivity index (χ0) is 26.6. The number of rotatable bonds is 7. The molecule has 5 rings (SSSR count). The molecule has 3 aliphatic rings. The number of anilines is 4. The monoisotopic (exact) mass is 518 g/mol. The van der Waals surface area contributed by atoms with Gasteiger partial charge >= 0.3 is 0 Å². The Balaban J connectivity index is 1.23. The Morgan fingerprint density at radius 1 is 0.974 bits per heavy atom. The van der Waals surface area contributed by atoms with Crippen LogP contribution in [0.25, 0.3) is 0 Å². The van der Waals surface area contributed by atoms with Crippen LogP contribution in [0.5, 0.6) is 0 Å². The maximum absolute atomic E-state index is 13.0. The number of piperidine rings is 1. The van der Waals surface area contributed by atoms with Gasteiger partial charge in [-0.05, 0) is 88.0 Å². The Hall–Kier alpha value is -3.13. The lowest BCUT2D eigenvalue weighted by Gasteiger charge is -2.44. The van der Waals surface area contributed by atoms with E-state index in [9.17, 15) is 9.59 Å². The third-order valence-electron chi connectivity index (χ3n) is 8.54. The molecule has 1 aromatic heterocycles. The number of amides is 2. The van der Waals surface area contributed by atoms with Gasteiger partial charge in [0.25, 0.3) is 5.91 Å². The van der Waals surface area contributed by atoms with Crippen LogP contribution in [0.15, 0.2) is 36.4 Å². The van der Waals surface area contributed by atoms with Crippen molar-refractivity contribution in [1.82, 2.24) is 15.2 Å². The highest BCUT2D eigenvalue weighted by atomic mass is 16.2. The number of nitrogens with zero attached hydrogens (tertiary/aromatic N) is 4. The first-order valence-electron chi connectivity index (χ1n) is 14.4. The van der Waals surface area contributed by atoms with Crippen LogP contribution in [0.1, 0.15) is 69.2 Å². The minimum absolute atomic E-state index is 0.0429. The zero-order valence-electron chi connectivity index (χ0n) is 23.1. The van der Waals surface area contributed by atoms with E-state index >= 15 is 0 Å². The zero-order valence-corrected chi connectivity index (χ0v) is 23.1. The summed E-state index contributed by atoms with van der Waals surface area (Å²) in [5.74, 6) is 2.49. The summed E-state index contributed by atoms with van der Waals surface area (Å²) < 4.78 is 0. The molecule has 2 aromatic rings. The molecule has 0 spiro atoms. The predicted octanol–water partition coefficient (Wildman–Crippen LogP) is 4.79. The molecule has 1 saturated heterocycles. The Kier molecular flexibility index (Phi) is 8.17. The number of nitrogens with one attached hydrogen (secondary N) is 2. The highest BCUT2D eigenvalue weighted by Crippen LogP contribution is 2.39. The van der Waals surface area contributed by atoms with Crippen molar-refractivity contribution in [3.05, 3.63) is 42.0 Å². The van der Waals surface area contributed by atoms with E-state index in [0.29, 0.717) is 18.2 Å². The molecule has 2 N–H and O–H groups in total. The third-order valence-corrected chi connectivity index (χ3v) is 8.54. The maximum atomic E-state index is 13.0. The van der Waals surface area contributed by atoms with Crippen LogP contribution in [-0.4, -0.2) is 67.0 Å².